The fourth-order valence-corrected chi connectivity index (χ4v) is 4.53. The molecule has 4 rings (SSSR count). The van der Waals surface area contributed by atoms with E-state index in [9.17, 15) is 9.18 Å². The van der Waals surface area contributed by atoms with E-state index in [-0.39, 0.29) is 11.7 Å². The van der Waals surface area contributed by atoms with E-state index in [1.165, 1.54) is 18.6 Å². The van der Waals surface area contributed by atoms with E-state index in [2.05, 4.69) is 25.7 Å². The molecule has 5 nitrogen and oxygen atoms in total. The number of aromatic nitrogens is 2. The van der Waals surface area contributed by atoms with Crippen LogP contribution in [0.1, 0.15) is 75.0 Å². The fraction of sp³-hybridized carbons (Fsp3) is 0.577. The Labute approximate surface area is 191 Å². The van der Waals surface area contributed by atoms with Crippen molar-refractivity contribution in [3.05, 3.63) is 52.7 Å². The van der Waals surface area contributed by atoms with Gasteiger partial charge >= 0.3 is 0 Å². The van der Waals surface area contributed by atoms with Gasteiger partial charge < -0.3 is 9.80 Å². The molecule has 2 fully saturated rings. The quantitative estimate of drug-likeness (QED) is 0.627. The lowest BCUT2D eigenvalue weighted by atomic mass is 9.84. The highest BCUT2D eigenvalue weighted by Gasteiger charge is 2.32. The molecular weight excluding hydrogens is 403 g/mol. The number of carbonyl (C=O) groups excluding carboxylic acids is 1. The van der Waals surface area contributed by atoms with Crippen molar-refractivity contribution in [3.8, 4) is 0 Å². The van der Waals surface area contributed by atoms with Crippen LogP contribution in [0.3, 0.4) is 0 Å². The van der Waals surface area contributed by atoms with E-state index in [0.29, 0.717) is 18.2 Å². The average Bonchev–Trinajstić information content (AvgIpc) is 2.79. The van der Waals surface area contributed by atoms with Crippen molar-refractivity contribution in [3.63, 3.8) is 0 Å². The maximum Gasteiger partial charge on any atom is 0.225 e. The zero-order chi connectivity index (χ0) is 22.7. The SMILES string of the molecule is CCc1nc([C@@H](C)CC)nc(N2CCN(C(=O)C3CCC3)CC2)c1Cc1ccc(F)cc1. The van der Waals surface area contributed by atoms with Crippen molar-refractivity contribution in [2.45, 2.75) is 65.2 Å². The summed E-state index contributed by atoms with van der Waals surface area (Å²) in [5.41, 5.74) is 3.26. The molecular formula is C26H35FN4O. The minimum atomic E-state index is -0.222. The molecule has 2 aromatic rings. The molecule has 6 heteroatoms. The van der Waals surface area contributed by atoms with Crippen LogP contribution in [0.25, 0.3) is 0 Å². The van der Waals surface area contributed by atoms with Crippen molar-refractivity contribution in [2.75, 3.05) is 31.1 Å². The fourth-order valence-electron chi connectivity index (χ4n) is 4.53. The smallest absolute Gasteiger partial charge is 0.225 e. The van der Waals surface area contributed by atoms with Crippen molar-refractivity contribution in [2.24, 2.45) is 5.92 Å². The lowest BCUT2D eigenvalue weighted by molar-refractivity contribution is -0.138. The van der Waals surface area contributed by atoms with E-state index in [1.54, 1.807) is 0 Å². The van der Waals surface area contributed by atoms with Gasteiger partial charge in [-0.1, -0.05) is 39.3 Å². The van der Waals surface area contributed by atoms with Crippen LogP contribution in [0.5, 0.6) is 0 Å². The van der Waals surface area contributed by atoms with Gasteiger partial charge in [0.05, 0.1) is 0 Å². The van der Waals surface area contributed by atoms with Crippen LogP contribution in [-0.4, -0.2) is 47.0 Å². The second-order valence-corrected chi connectivity index (χ2v) is 9.24. The standard InChI is InChI=1S/C26H35FN4O/c1-4-18(3)24-28-23(5-2)22(17-19-9-11-21(27)12-10-19)25(29-24)30-13-15-31(16-14-30)26(32)20-7-6-8-20/h9-12,18,20H,4-8,13-17H2,1-3H3/t18-/m0/s1. The van der Waals surface area contributed by atoms with Gasteiger partial charge in [0, 0.05) is 55.7 Å². The number of aryl methyl sites for hydroxylation is 1. The highest BCUT2D eigenvalue weighted by molar-refractivity contribution is 5.80. The molecule has 0 radical (unpaired) electrons. The maximum absolute atomic E-state index is 13.4. The largest absolute Gasteiger partial charge is 0.353 e. The molecule has 172 valence electrons. The molecule has 1 aromatic heterocycles. The van der Waals surface area contributed by atoms with E-state index in [0.717, 1.165) is 80.3 Å². The van der Waals surface area contributed by atoms with E-state index in [1.807, 2.05) is 17.0 Å². The van der Waals surface area contributed by atoms with Gasteiger partial charge in [-0.05, 0) is 43.4 Å². The minimum absolute atomic E-state index is 0.222. The van der Waals surface area contributed by atoms with Crippen LogP contribution in [0.4, 0.5) is 10.2 Å². The molecule has 2 aliphatic rings. The third kappa shape index (κ3) is 4.79. The first-order valence-electron chi connectivity index (χ1n) is 12.2. The second kappa shape index (κ2) is 9.97. The normalized spacial score (nSPS) is 17.9. The number of carbonyl (C=O) groups is 1. The van der Waals surface area contributed by atoms with Crippen LogP contribution >= 0.6 is 0 Å². The molecule has 2 heterocycles. The predicted octanol–water partition coefficient (Wildman–Crippen LogP) is 4.73. The monoisotopic (exact) mass is 438 g/mol. The van der Waals surface area contributed by atoms with Crippen LogP contribution in [0, 0.1) is 11.7 Å². The Bertz CT molecular complexity index is 934. The third-order valence-corrected chi connectivity index (χ3v) is 7.12. The van der Waals surface area contributed by atoms with Gasteiger partial charge in [0.1, 0.15) is 17.5 Å². The molecule has 1 saturated carbocycles. The average molecular weight is 439 g/mol. The number of halogens is 1. The molecule has 0 unspecified atom stereocenters. The Hall–Kier alpha value is -2.50. The lowest BCUT2D eigenvalue weighted by Gasteiger charge is -2.39. The summed E-state index contributed by atoms with van der Waals surface area (Å²) in [7, 11) is 0. The van der Waals surface area contributed by atoms with Crippen molar-refractivity contribution < 1.29 is 9.18 Å². The number of nitrogens with zero attached hydrogens (tertiary/aromatic N) is 4. The highest BCUT2D eigenvalue weighted by Crippen LogP contribution is 2.31. The summed E-state index contributed by atoms with van der Waals surface area (Å²) in [4.78, 5) is 27.1. The summed E-state index contributed by atoms with van der Waals surface area (Å²) in [5.74, 6) is 2.54. The molecule has 0 bridgehead atoms. The van der Waals surface area contributed by atoms with Gasteiger partial charge in [0.25, 0.3) is 0 Å². The molecule has 0 N–H and O–H groups in total. The lowest BCUT2D eigenvalue weighted by Crippen LogP contribution is -2.51. The van der Waals surface area contributed by atoms with Gasteiger partial charge in [-0.15, -0.1) is 0 Å². The Morgan fingerprint density at radius 2 is 1.78 bits per heavy atom. The first-order chi connectivity index (χ1) is 15.5. The van der Waals surface area contributed by atoms with Crippen molar-refractivity contribution >= 4 is 11.7 Å². The second-order valence-electron chi connectivity index (χ2n) is 9.24. The molecule has 1 atom stereocenters. The summed E-state index contributed by atoms with van der Waals surface area (Å²) < 4.78 is 13.4. The number of rotatable bonds is 7. The molecule has 0 spiro atoms. The summed E-state index contributed by atoms with van der Waals surface area (Å²) in [6, 6.07) is 6.71. The summed E-state index contributed by atoms with van der Waals surface area (Å²) in [5, 5.41) is 0. The maximum atomic E-state index is 13.4. The highest BCUT2D eigenvalue weighted by atomic mass is 19.1. The predicted molar refractivity (Wildman–Crippen MR) is 125 cm³/mol. The molecule has 1 amide bonds. The first kappa shape index (κ1) is 22.7. The molecule has 1 saturated heterocycles. The topological polar surface area (TPSA) is 49.3 Å². The number of anilines is 1. The number of piperazine rings is 1. The Kier molecular flexibility index (Phi) is 7.07. The van der Waals surface area contributed by atoms with Gasteiger partial charge in [-0.3, -0.25) is 4.79 Å². The van der Waals surface area contributed by atoms with E-state index < -0.39 is 0 Å². The number of benzene rings is 1. The minimum Gasteiger partial charge on any atom is -0.353 e. The number of amides is 1. The van der Waals surface area contributed by atoms with Gasteiger partial charge in [0.15, 0.2) is 0 Å². The van der Waals surface area contributed by atoms with Crippen LogP contribution < -0.4 is 4.90 Å². The molecule has 1 aliphatic carbocycles. The zero-order valence-electron chi connectivity index (χ0n) is 19.6. The Morgan fingerprint density at radius 1 is 1.09 bits per heavy atom. The Morgan fingerprint density at radius 3 is 2.34 bits per heavy atom. The molecule has 32 heavy (non-hydrogen) atoms. The molecule has 1 aliphatic heterocycles. The van der Waals surface area contributed by atoms with Gasteiger partial charge in [0.2, 0.25) is 5.91 Å². The zero-order valence-corrected chi connectivity index (χ0v) is 19.6. The van der Waals surface area contributed by atoms with Crippen LogP contribution in [0.2, 0.25) is 0 Å². The van der Waals surface area contributed by atoms with Gasteiger partial charge in [-0.25, -0.2) is 14.4 Å². The first-order valence-corrected chi connectivity index (χ1v) is 12.2. The molecule has 1 aromatic carbocycles. The van der Waals surface area contributed by atoms with Gasteiger partial charge in [-0.2, -0.15) is 0 Å². The number of hydrogen-bond acceptors (Lipinski definition) is 4. The van der Waals surface area contributed by atoms with Crippen LogP contribution in [-0.2, 0) is 17.6 Å². The van der Waals surface area contributed by atoms with E-state index in [4.69, 9.17) is 9.97 Å². The van der Waals surface area contributed by atoms with Crippen molar-refractivity contribution in [1.82, 2.24) is 14.9 Å². The summed E-state index contributed by atoms with van der Waals surface area (Å²) in [6.45, 7) is 9.54. The van der Waals surface area contributed by atoms with E-state index >= 15 is 0 Å². The van der Waals surface area contributed by atoms with Crippen molar-refractivity contribution in [1.29, 1.82) is 0 Å². The third-order valence-electron chi connectivity index (χ3n) is 7.12. The summed E-state index contributed by atoms with van der Waals surface area (Å²) in [6.07, 6.45) is 5.78. The Balaban J connectivity index is 1.62. The van der Waals surface area contributed by atoms with Crippen LogP contribution in [0.15, 0.2) is 24.3 Å². The number of hydrogen-bond donors (Lipinski definition) is 0. The summed E-state index contributed by atoms with van der Waals surface area (Å²) >= 11 is 0.